The van der Waals surface area contributed by atoms with E-state index in [1.54, 1.807) is 14.2 Å². The van der Waals surface area contributed by atoms with Gasteiger partial charge < -0.3 is 14.8 Å². The lowest BCUT2D eigenvalue weighted by molar-refractivity contribution is 0.404. The molecule has 0 atom stereocenters. The lowest BCUT2D eigenvalue weighted by Gasteiger charge is -2.14. The number of nitrogens with one attached hydrogen (secondary N) is 1. The molecule has 0 saturated heterocycles. The summed E-state index contributed by atoms with van der Waals surface area (Å²) in [5.41, 5.74) is 4.70. The lowest BCUT2D eigenvalue weighted by Crippen LogP contribution is -2.05. The SMILES string of the molecule is CNCc1ccc(C)c(-c2cc(OC)ccc2OC)c1. The predicted octanol–water partition coefficient (Wildman–Crippen LogP) is 3.40. The van der Waals surface area contributed by atoms with E-state index < -0.39 is 0 Å². The third kappa shape index (κ3) is 2.94. The normalized spacial score (nSPS) is 10.4. The molecule has 106 valence electrons. The van der Waals surface area contributed by atoms with E-state index in [-0.39, 0.29) is 0 Å². The molecule has 0 aliphatic rings. The Kier molecular flexibility index (Phi) is 4.64. The van der Waals surface area contributed by atoms with Gasteiger partial charge in [-0.15, -0.1) is 0 Å². The van der Waals surface area contributed by atoms with Crippen LogP contribution in [0.15, 0.2) is 36.4 Å². The number of benzene rings is 2. The summed E-state index contributed by atoms with van der Waals surface area (Å²) in [4.78, 5) is 0. The monoisotopic (exact) mass is 271 g/mol. The van der Waals surface area contributed by atoms with Crippen molar-refractivity contribution in [3.05, 3.63) is 47.5 Å². The van der Waals surface area contributed by atoms with Crippen LogP contribution < -0.4 is 14.8 Å². The largest absolute Gasteiger partial charge is 0.497 e. The number of methoxy groups -OCH3 is 2. The fourth-order valence-corrected chi connectivity index (χ4v) is 2.30. The molecule has 0 heterocycles. The topological polar surface area (TPSA) is 30.5 Å². The van der Waals surface area contributed by atoms with E-state index in [1.807, 2.05) is 25.2 Å². The maximum absolute atomic E-state index is 5.48. The number of ether oxygens (including phenoxy) is 2. The lowest BCUT2D eigenvalue weighted by atomic mass is 9.97. The molecule has 0 unspecified atom stereocenters. The van der Waals surface area contributed by atoms with E-state index in [9.17, 15) is 0 Å². The highest BCUT2D eigenvalue weighted by Gasteiger charge is 2.10. The van der Waals surface area contributed by atoms with Crippen molar-refractivity contribution in [2.24, 2.45) is 0 Å². The zero-order chi connectivity index (χ0) is 14.5. The van der Waals surface area contributed by atoms with Gasteiger partial charge >= 0.3 is 0 Å². The van der Waals surface area contributed by atoms with Crippen LogP contribution in [-0.2, 0) is 6.54 Å². The molecule has 0 fully saturated rings. The average molecular weight is 271 g/mol. The molecule has 2 rings (SSSR count). The van der Waals surface area contributed by atoms with E-state index in [0.29, 0.717) is 0 Å². The summed E-state index contributed by atoms with van der Waals surface area (Å²) in [6, 6.07) is 12.4. The van der Waals surface area contributed by atoms with E-state index >= 15 is 0 Å². The molecule has 0 aromatic heterocycles. The first-order valence-electron chi connectivity index (χ1n) is 6.66. The van der Waals surface area contributed by atoms with Crippen molar-refractivity contribution in [1.29, 1.82) is 0 Å². The molecule has 2 aromatic carbocycles. The number of rotatable bonds is 5. The van der Waals surface area contributed by atoms with Crippen LogP contribution in [0.25, 0.3) is 11.1 Å². The summed E-state index contributed by atoms with van der Waals surface area (Å²) in [5, 5.41) is 3.18. The first kappa shape index (κ1) is 14.4. The average Bonchev–Trinajstić information content (AvgIpc) is 2.49. The molecule has 0 aliphatic heterocycles. The molecular formula is C17H21NO2. The number of hydrogen-bond donors (Lipinski definition) is 1. The van der Waals surface area contributed by atoms with Crippen LogP contribution in [0.5, 0.6) is 11.5 Å². The number of aryl methyl sites for hydroxylation is 1. The molecule has 0 bridgehead atoms. The molecule has 2 aromatic rings. The molecule has 1 N–H and O–H groups in total. The van der Waals surface area contributed by atoms with E-state index in [2.05, 4.69) is 30.4 Å². The predicted molar refractivity (Wildman–Crippen MR) is 82.5 cm³/mol. The van der Waals surface area contributed by atoms with Crippen molar-refractivity contribution >= 4 is 0 Å². The van der Waals surface area contributed by atoms with Gasteiger partial charge in [0, 0.05) is 12.1 Å². The smallest absolute Gasteiger partial charge is 0.126 e. The summed E-state index contributed by atoms with van der Waals surface area (Å²) >= 11 is 0. The Morgan fingerprint density at radius 1 is 0.950 bits per heavy atom. The van der Waals surface area contributed by atoms with Crippen LogP contribution in [0.4, 0.5) is 0 Å². The van der Waals surface area contributed by atoms with Gasteiger partial charge in [-0.05, 0) is 54.9 Å². The maximum Gasteiger partial charge on any atom is 0.126 e. The fourth-order valence-electron chi connectivity index (χ4n) is 2.30. The molecule has 3 heteroatoms. The molecule has 0 saturated carbocycles. The third-order valence-electron chi connectivity index (χ3n) is 3.38. The molecule has 0 aliphatic carbocycles. The van der Waals surface area contributed by atoms with Crippen LogP contribution in [0.3, 0.4) is 0 Å². The van der Waals surface area contributed by atoms with Gasteiger partial charge in [0.25, 0.3) is 0 Å². The first-order valence-corrected chi connectivity index (χ1v) is 6.66. The molecule has 3 nitrogen and oxygen atoms in total. The van der Waals surface area contributed by atoms with Crippen molar-refractivity contribution < 1.29 is 9.47 Å². The molecule has 0 spiro atoms. The van der Waals surface area contributed by atoms with Gasteiger partial charge in [-0.25, -0.2) is 0 Å². The van der Waals surface area contributed by atoms with Gasteiger partial charge in [-0.3, -0.25) is 0 Å². The summed E-state index contributed by atoms with van der Waals surface area (Å²) in [6.07, 6.45) is 0. The van der Waals surface area contributed by atoms with Crippen molar-refractivity contribution in [2.45, 2.75) is 13.5 Å². The minimum absolute atomic E-state index is 0.833. The van der Waals surface area contributed by atoms with Crippen molar-refractivity contribution in [2.75, 3.05) is 21.3 Å². The minimum atomic E-state index is 0.833. The summed E-state index contributed by atoms with van der Waals surface area (Å²) in [6.45, 7) is 2.96. The fraction of sp³-hybridized carbons (Fsp3) is 0.294. The second-order valence-corrected chi connectivity index (χ2v) is 4.75. The molecule has 0 amide bonds. The maximum atomic E-state index is 5.48. The van der Waals surface area contributed by atoms with Gasteiger partial charge in [0.15, 0.2) is 0 Å². The van der Waals surface area contributed by atoms with Crippen LogP contribution in [0.2, 0.25) is 0 Å². The molecular weight excluding hydrogens is 250 g/mol. The Hall–Kier alpha value is -2.00. The molecule has 0 radical (unpaired) electrons. The standard InChI is InChI=1S/C17H21NO2/c1-12-5-6-13(11-18-2)9-15(12)16-10-14(19-3)7-8-17(16)20-4/h5-10,18H,11H2,1-4H3. The van der Waals surface area contributed by atoms with Crippen LogP contribution in [0.1, 0.15) is 11.1 Å². The van der Waals surface area contributed by atoms with Crippen LogP contribution >= 0.6 is 0 Å². The first-order chi connectivity index (χ1) is 9.69. The quantitative estimate of drug-likeness (QED) is 0.904. The van der Waals surface area contributed by atoms with E-state index in [4.69, 9.17) is 9.47 Å². The highest BCUT2D eigenvalue weighted by atomic mass is 16.5. The van der Waals surface area contributed by atoms with E-state index in [1.165, 1.54) is 16.7 Å². The highest BCUT2D eigenvalue weighted by molar-refractivity contribution is 5.75. The van der Waals surface area contributed by atoms with Gasteiger partial charge in [-0.1, -0.05) is 12.1 Å². The highest BCUT2D eigenvalue weighted by Crippen LogP contribution is 2.35. The second-order valence-electron chi connectivity index (χ2n) is 4.75. The van der Waals surface area contributed by atoms with Gasteiger partial charge in [-0.2, -0.15) is 0 Å². The van der Waals surface area contributed by atoms with Gasteiger partial charge in [0.05, 0.1) is 14.2 Å². The van der Waals surface area contributed by atoms with Crippen molar-refractivity contribution in [3.63, 3.8) is 0 Å². The summed E-state index contributed by atoms with van der Waals surface area (Å²) < 4.78 is 10.8. The Morgan fingerprint density at radius 2 is 1.75 bits per heavy atom. The van der Waals surface area contributed by atoms with Crippen molar-refractivity contribution in [3.8, 4) is 22.6 Å². The van der Waals surface area contributed by atoms with Crippen LogP contribution in [-0.4, -0.2) is 21.3 Å². The Morgan fingerprint density at radius 3 is 2.40 bits per heavy atom. The zero-order valence-corrected chi connectivity index (χ0v) is 12.5. The molecule has 20 heavy (non-hydrogen) atoms. The minimum Gasteiger partial charge on any atom is -0.497 e. The third-order valence-corrected chi connectivity index (χ3v) is 3.38. The Labute approximate surface area is 120 Å². The van der Waals surface area contributed by atoms with Crippen LogP contribution in [0, 0.1) is 6.92 Å². The van der Waals surface area contributed by atoms with E-state index in [0.717, 1.165) is 23.6 Å². The van der Waals surface area contributed by atoms with Gasteiger partial charge in [0.1, 0.15) is 11.5 Å². The van der Waals surface area contributed by atoms with Gasteiger partial charge in [0.2, 0.25) is 0 Å². The summed E-state index contributed by atoms with van der Waals surface area (Å²) in [7, 11) is 5.32. The Balaban J connectivity index is 2.56. The Bertz CT molecular complexity index is 594. The zero-order valence-electron chi connectivity index (χ0n) is 12.5. The second kappa shape index (κ2) is 6.44. The number of hydrogen-bond acceptors (Lipinski definition) is 3. The van der Waals surface area contributed by atoms with Crippen molar-refractivity contribution in [1.82, 2.24) is 5.32 Å². The summed E-state index contributed by atoms with van der Waals surface area (Å²) in [5.74, 6) is 1.69.